The summed E-state index contributed by atoms with van der Waals surface area (Å²) in [4.78, 5) is 9.91. The van der Waals surface area contributed by atoms with E-state index in [2.05, 4.69) is 302 Å². The molecule has 1 aliphatic carbocycles. The van der Waals surface area contributed by atoms with E-state index in [0.29, 0.717) is 0 Å². The highest BCUT2D eigenvalue weighted by molar-refractivity contribution is 7.18. The second-order valence-electron chi connectivity index (χ2n) is 19.5. The number of allylic oxidation sites excluding steroid dienone is 4. The lowest BCUT2D eigenvalue weighted by Gasteiger charge is -2.28. The quantitative estimate of drug-likeness (QED) is 0.113. The lowest BCUT2D eigenvalue weighted by molar-refractivity contribution is 0.613. The van der Waals surface area contributed by atoms with Crippen molar-refractivity contribution in [2.45, 2.75) is 18.8 Å². The van der Waals surface area contributed by atoms with E-state index < -0.39 is 0 Å². The van der Waals surface area contributed by atoms with Gasteiger partial charge in [-0.1, -0.05) is 183 Å². The topological polar surface area (TPSA) is 6.48 Å². The number of para-hydroxylation sites is 4. The molecule has 0 amide bonds. The summed E-state index contributed by atoms with van der Waals surface area (Å²) in [6, 6.07) is 95.7. The highest BCUT2D eigenvalue weighted by atomic mass is 32.1. The summed E-state index contributed by atoms with van der Waals surface area (Å²) in [5.41, 5.74) is 15.0. The Morgan fingerprint density at radius 2 is 0.720 bits per heavy atom. The van der Waals surface area contributed by atoms with Crippen molar-refractivity contribution < 1.29 is 0 Å². The van der Waals surface area contributed by atoms with Crippen LogP contribution in [0.4, 0.5) is 34.1 Å². The maximum absolute atomic E-state index is 2.44. The number of hydrogen-bond acceptors (Lipinski definition) is 4. The molecular formula is C71H52N2S2. The lowest BCUT2D eigenvalue weighted by Crippen LogP contribution is -2.17. The molecule has 0 saturated carbocycles. The van der Waals surface area contributed by atoms with Gasteiger partial charge in [-0.05, 0) is 176 Å². The third-order valence-corrected chi connectivity index (χ3v) is 17.2. The van der Waals surface area contributed by atoms with Gasteiger partial charge in [-0.15, -0.1) is 22.7 Å². The molecule has 1 aliphatic rings. The number of benzene rings is 10. The van der Waals surface area contributed by atoms with E-state index in [1.807, 2.05) is 22.7 Å². The van der Waals surface area contributed by atoms with Gasteiger partial charge in [-0.3, -0.25) is 0 Å². The molecule has 0 fully saturated rings. The fourth-order valence-electron chi connectivity index (χ4n) is 10.9. The molecule has 13 rings (SSSR count). The highest BCUT2D eigenvalue weighted by Crippen LogP contribution is 2.50. The van der Waals surface area contributed by atoms with E-state index in [0.717, 1.165) is 40.5 Å². The van der Waals surface area contributed by atoms with Crippen LogP contribution in [0.2, 0.25) is 0 Å². The second kappa shape index (κ2) is 19.9. The predicted molar refractivity (Wildman–Crippen MR) is 324 cm³/mol. The standard InChI is InChI=1S/C71H52N2S2/c1-71(44-18-7-19-45-71)68-43-42-67(75-68)52-25-21-27-54(47-52)70-62-39-37-59(72(55-28-10-3-11-29-55)56-30-12-4-13-31-56)48-63(62)69(53-26-20-24-51(46-53)66-41-40-65(74-66)50-22-8-2-9-23-50)61-38-36-60(49-64(61)70)73(57-32-14-5-15-33-57)58-34-16-6-17-35-58/h2-44,46-49H,45H2,1H3. The first-order valence-electron chi connectivity index (χ1n) is 25.7. The molecule has 0 aliphatic heterocycles. The Bertz CT molecular complexity index is 3970. The van der Waals surface area contributed by atoms with Gasteiger partial charge in [0.15, 0.2) is 0 Å². The summed E-state index contributed by atoms with van der Waals surface area (Å²) < 4.78 is 0. The van der Waals surface area contributed by atoms with Crippen LogP contribution in [-0.2, 0) is 5.41 Å². The number of hydrogen-bond donors (Lipinski definition) is 0. The van der Waals surface area contributed by atoms with Crippen LogP contribution in [0, 0.1) is 0 Å². The third-order valence-electron chi connectivity index (χ3n) is 14.6. The number of fused-ring (bicyclic) bond motifs is 2. The predicted octanol–water partition coefficient (Wildman–Crippen LogP) is 21.2. The van der Waals surface area contributed by atoms with Crippen LogP contribution in [0.1, 0.15) is 18.2 Å². The van der Waals surface area contributed by atoms with Gasteiger partial charge >= 0.3 is 0 Å². The molecule has 0 N–H and O–H groups in total. The molecule has 0 radical (unpaired) electrons. The van der Waals surface area contributed by atoms with Gasteiger partial charge in [0.25, 0.3) is 0 Å². The second-order valence-corrected chi connectivity index (χ2v) is 21.7. The maximum Gasteiger partial charge on any atom is 0.0468 e. The molecule has 1 atom stereocenters. The lowest BCUT2D eigenvalue weighted by atomic mass is 9.82. The Labute approximate surface area is 447 Å². The minimum atomic E-state index is -0.0205. The van der Waals surface area contributed by atoms with Crippen LogP contribution in [0.5, 0.6) is 0 Å². The van der Waals surface area contributed by atoms with Crippen molar-refractivity contribution in [3.8, 4) is 53.6 Å². The molecule has 10 aromatic carbocycles. The van der Waals surface area contributed by atoms with Gasteiger partial charge in [0.05, 0.1) is 0 Å². The van der Waals surface area contributed by atoms with Crippen LogP contribution in [0.15, 0.2) is 285 Å². The van der Waals surface area contributed by atoms with Gasteiger partial charge in [0.2, 0.25) is 0 Å². The monoisotopic (exact) mass is 996 g/mol. The van der Waals surface area contributed by atoms with Crippen LogP contribution >= 0.6 is 22.7 Å². The fraction of sp³-hybridized carbons (Fsp3) is 0.0423. The molecule has 1 unspecified atom stereocenters. The van der Waals surface area contributed by atoms with Crippen molar-refractivity contribution in [2.24, 2.45) is 0 Å². The molecule has 358 valence electrons. The largest absolute Gasteiger partial charge is 0.310 e. The zero-order chi connectivity index (χ0) is 50.1. The van der Waals surface area contributed by atoms with Gasteiger partial charge in [-0.25, -0.2) is 0 Å². The molecule has 2 aromatic heterocycles. The van der Waals surface area contributed by atoms with E-state index in [4.69, 9.17) is 0 Å². The number of thiophene rings is 2. The smallest absolute Gasteiger partial charge is 0.0468 e. The van der Waals surface area contributed by atoms with E-state index in [1.165, 1.54) is 80.0 Å². The highest BCUT2D eigenvalue weighted by Gasteiger charge is 2.27. The molecule has 4 heteroatoms. The first-order chi connectivity index (χ1) is 37.0. The fourth-order valence-corrected chi connectivity index (χ4v) is 13.1. The van der Waals surface area contributed by atoms with Crippen molar-refractivity contribution in [1.82, 2.24) is 0 Å². The molecule has 0 bridgehead atoms. The van der Waals surface area contributed by atoms with Gasteiger partial charge in [0.1, 0.15) is 0 Å². The van der Waals surface area contributed by atoms with Gasteiger partial charge in [-0.2, -0.15) is 0 Å². The van der Waals surface area contributed by atoms with Gasteiger partial charge < -0.3 is 9.80 Å². The molecule has 0 spiro atoms. The summed E-state index contributed by atoms with van der Waals surface area (Å²) in [7, 11) is 0. The Morgan fingerprint density at radius 1 is 0.320 bits per heavy atom. The molecule has 75 heavy (non-hydrogen) atoms. The molecular weight excluding hydrogens is 945 g/mol. The Hall–Kier alpha value is -8.80. The van der Waals surface area contributed by atoms with E-state index in [1.54, 1.807) is 0 Å². The normalized spacial score (nSPS) is 14.1. The summed E-state index contributed by atoms with van der Waals surface area (Å²) in [6.07, 6.45) is 10.00. The van der Waals surface area contributed by atoms with Crippen molar-refractivity contribution >= 4 is 78.3 Å². The first-order valence-corrected chi connectivity index (χ1v) is 27.3. The first kappa shape index (κ1) is 46.0. The SMILES string of the molecule is CC1(c2ccc(-c3cccc(-c4c5ccc(N(c6ccccc6)c6ccccc6)cc5c(-c5cccc(-c6ccc(-c7ccccc7)s6)c5)c5ccc(N(c6ccccc6)c6ccccc6)cc45)c3)s2)C=CC=CC1. The summed E-state index contributed by atoms with van der Waals surface area (Å²) in [5, 5.41) is 4.75. The summed E-state index contributed by atoms with van der Waals surface area (Å²) >= 11 is 3.75. The van der Waals surface area contributed by atoms with Gasteiger partial charge in [0, 0.05) is 59.0 Å². The molecule has 12 aromatic rings. The van der Waals surface area contributed by atoms with E-state index in [9.17, 15) is 0 Å². The van der Waals surface area contributed by atoms with Crippen molar-refractivity contribution in [3.63, 3.8) is 0 Å². The summed E-state index contributed by atoms with van der Waals surface area (Å²) in [5.74, 6) is 0. The molecule has 2 heterocycles. The number of rotatable bonds is 12. The third kappa shape index (κ3) is 8.89. The van der Waals surface area contributed by atoms with Crippen molar-refractivity contribution in [3.05, 3.63) is 290 Å². The maximum atomic E-state index is 2.44. The van der Waals surface area contributed by atoms with E-state index >= 15 is 0 Å². The Morgan fingerprint density at radius 3 is 1.17 bits per heavy atom. The zero-order valence-corrected chi connectivity index (χ0v) is 43.2. The van der Waals surface area contributed by atoms with Crippen LogP contribution in [-0.4, -0.2) is 0 Å². The van der Waals surface area contributed by atoms with Crippen LogP contribution in [0.3, 0.4) is 0 Å². The summed E-state index contributed by atoms with van der Waals surface area (Å²) in [6.45, 7) is 2.35. The minimum absolute atomic E-state index is 0.0205. The van der Waals surface area contributed by atoms with Crippen molar-refractivity contribution in [1.29, 1.82) is 0 Å². The molecule has 0 saturated heterocycles. The average molecular weight is 997 g/mol. The number of anilines is 6. The van der Waals surface area contributed by atoms with Crippen LogP contribution in [0.25, 0.3) is 75.1 Å². The van der Waals surface area contributed by atoms with E-state index in [-0.39, 0.29) is 5.41 Å². The number of nitrogens with zero attached hydrogens (tertiary/aromatic N) is 2. The average Bonchev–Trinajstić information content (AvgIpc) is 4.20. The zero-order valence-electron chi connectivity index (χ0n) is 41.6. The minimum Gasteiger partial charge on any atom is -0.310 e. The molecule has 2 nitrogen and oxygen atoms in total. The Kier molecular flexibility index (Phi) is 12.2. The Balaban J connectivity index is 1.09. The van der Waals surface area contributed by atoms with Crippen molar-refractivity contribution in [2.75, 3.05) is 9.80 Å². The van der Waals surface area contributed by atoms with Crippen LogP contribution < -0.4 is 9.80 Å².